The molecular formula is C23H24N4O3. The van der Waals surface area contributed by atoms with E-state index in [1.54, 1.807) is 17.0 Å². The zero-order valence-electron chi connectivity index (χ0n) is 16.7. The van der Waals surface area contributed by atoms with Crippen molar-refractivity contribution in [1.82, 2.24) is 10.3 Å². The van der Waals surface area contributed by atoms with Gasteiger partial charge in [-0.1, -0.05) is 18.2 Å². The number of nitrogens with one attached hydrogen (secondary N) is 1. The molecule has 7 nitrogen and oxygen atoms in total. The predicted molar refractivity (Wildman–Crippen MR) is 111 cm³/mol. The second-order valence-corrected chi connectivity index (χ2v) is 7.84. The third-order valence-electron chi connectivity index (χ3n) is 5.74. The molecule has 2 aromatic rings. The highest BCUT2D eigenvalue weighted by atomic mass is 16.5. The van der Waals surface area contributed by atoms with E-state index in [4.69, 9.17) is 10.00 Å². The van der Waals surface area contributed by atoms with Crippen LogP contribution in [0.3, 0.4) is 0 Å². The lowest BCUT2D eigenvalue weighted by Crippen LogP contribution is -2.43. The molecule has 1 aromatic heterocycles. The maximum Gasteiger partial charge on any atom is 0.227 e. The topological polar surface area (TPSA) is 95.3 Å². The average Bonchev–Trinajstić information content (AvgIpc) is 3.18. The van der Waals surface area contributed by atoms with Gasteiger partial charge in [-0.25, -0.2) is 4.98 Å². The summed E-state index contributed by atoms with van der Waals surface area (Å²) in [6.45, 7) is 0.428. The minimum atomic E-state index is -0.311. The van der Waals surface area contributed by atoms with Crippen molar-refractivity contribution in [3.05, 3.63) is 54.2 Å². The Kier molecular flexibility index (Phi) is 5.94. The van der Waals surface area contributed by atoms with Gasteiger partial charge in [0.25, 0.3) is 0 Å². The SMILES string of the molecule is N#Cc1ccc(OC2CCC(NC(=O)C3CC(=O)N(c4ccccc4)C3)CC2)nc1. The summed E-state index contributed by atoms with van der Waals surface area (Å²) in [6.07, 6.45) is 5.12. The summed E-state index contributed by atoms with van der Waals surface area (Å²) in [6, 6.07) is 15.0. The monoisotopic (exact) mass is 404 g/mol. The summed E-state index contributed by atoms with van der Waals surface area (Å²) in [5.41, 5.74) is 1.34. The number of hydrogen-bond acceptors (Lipinski definition) is 5. The summed E-state index contributed by atoms with van der Waals surface area (Å²) >= 11 is 0. The molecule has 154 valence electrons. The molecule has 1 atom stereocenters. The van der Waals surface area contributed by atoms with Crippen LogP contribution in [0.15, 0.2) is 48.7 Å². The van der Waals surface area contributed by atoms with E-state index in [2.05, 4.69) is 10.3 Å². The first kappa shape index (κ1) is 19.9. The maximum absolute atomic E-state index is 12.7. The van der Waals surface area contributed by atoms with Crippen molar-refractivity contribution in [2.75, 3.05) is 11.4 Å². The fourth-order valence-electron chi connectivity index (χ4n) is 4.07. The van der Waals surface area contributed by atoms with Gasteiger partial charge in [-0.15, -0.1) is 0 Å². The Labute approximate surface area is 175 Å². The van der Waals surface area contributed by atoms with Crippen LogP contribution in [0.4, 0.5) is 5.69 Å². The lowest BCUT2D eigenvalue weighted by molar-refractivity contribution is -0.127. The van der Waals surface area contributed by atoms with Gasteiger partial charge in [-0.05, 0) is 43.9 Å². The molecule has 2 fully saturated rings. The Morgan fingerprint density at radius 2 is 1.90 bits per heavy atom. The number of rotatable bonds is 5. The first-order valence-corrected chi connectivity index (χ1v) is 10.3. The van der Waals surface area contributed by atoms with Crippen LogP contribution < -0.4 is 15.0 Å². The smallest absolute Gasteiger partial charge is 0.227 e. The number of amides is 2. The molecule has 1 aromatic carbocycles. The normalized spacial score (nSPS) is 23.6. The number of nitriles is 1. The third-order valence-corrected chi connectivity index (χ3v) is 5.74. The Morgan fingerprint density at radius 1 is 1.13 bits per heavy atom. The van der Waals surface area contributed by atoms with Gasteiger partial charge in [0.2, 0.25) is 17.7 Å². The van der Waals surface area contributed by atoms with Crippen molar-refractivity contribution in [3.63, 3.8) is 0 Å². The van der Waals surface area contributed by atoms with Gasteiger partial charge in [-0.3, -0.25) is 9.59 Å². The minimum absolute atomic E-state index is 0.00613. The molecule has 1 saturated carbocycles. The van der Waals surface area contributed by atoms with Gasteiger partial charge in [0, 0.05) is 37.0 Å². The van der Waals surface area contributed by atoms with Crippen LogP contribution in [-0.4, -0.2) is 35.5 Å². The van der Waals surface area contributed by atoms with E-state index < -0.39 is 0 Å². The van der Waals surface area contributed by atoms with E-state index in [0.29, 0.717) is 18.0 Å². The summed E-state index contributed by atoms with van der Waals surface area (Å²) in [4.78, 5) is 30.9. The van der Waals surface area contributed by atoms with E-state index in [9.17, 15) is 9.59 Å². The zero-order chi connectivity index (χ0) is 20.9. The zero-order valence-corrected chi connectivity index (χ0v) is 16.7. The molecular weight excluding hydrogens is 380 g/mol. The molecule has 1 aliphatic carbocycles. The highest BCUT2D eigenvalue weighted by Crippen LogP contribution is 2.27. The fraction of sp³-hybridized carbons (Fsp3) is 0.391. The van der Waals surface area contributed by atoms with Gasteiger partial charge in [-0.2, -0.15) is 5.26 Å². The Balaban J connectivity index is 1.24. The maximum atomic E-state index is 12.7. The molecule has 2 aliphatic rings. The largest absolute Gasteiger partial charge is 0.474 e. The minimum Gasteiger partial charge on any atom is -0.474 e. The number of hydrogen-bond donors (Lipinski definition) is 1. The molecule has 0 bridgehead atoms. The number of carbonyl (C=O) groups is 2. The van der Waals surface area contributed by atoms with E-state index in [1.165, 1.54) is 6.20 Å². The lowest BCUT2D eigenvalue weighted by atomic mass is 9.92. The number of para-hydroxylation sites is 1. The summed E-state index contributed by atoms with van der Waals surface area (Å²) < 4.78 is 5.90. The van der Waals surface area contributed by atoms with Crippen LogP contribution in [0.5, 0.6) is 5.88 Å². The quantitative estimate of drug-likeness (QED) is 0.827. The molecule has 7 heteroatoms. The fourth-order valence-corrected chi connectivity index (χ4v) is 4.07. The molecule has 1 aliphatic heterocycles. The van der Waals surface area contributed by atoms with Gasteiger partial charge in [0.1, 0.15) is 12.2 Å². The standard InChI is InChI=1S/C23H24N4O3/c24-13-16-6-11-21(25-14-16)30-20-9-7-18(8-10-20)26-23(29)17-12-22(28)27(15-17)19-4-2-1-3-5-19/h1-6,11,14,17-18,20H,7-10,12,15H2,(H,26,29). The van der Waals surface area contributed by atoms with Crippen LogP contribution in [0, 0.1) is 17.2 Å². The molecule has 0 spiro atoms. The molecule has 4 rings (SSSR count). The van der Waals surface area contributed by atoms with Gasteiger partial charge in [0.15, 0.2) is 0 Å². The van der Waals surface area contributed by atoms with Crippen molar-refractivity contribution in [3.8, 4) is 11.9 Å². The molecule has 1 N–H and O–H groups in total. The number of benzene rings is 1. The van der Waals surface area contributed by atoms with Crippen molar-refractivity contribution < 1.29 is 14.3 Å². The third kappa shape index (κ3) is 4.60. The first-order valence-electron chi connectivity index (χ1n) is 10.3. The molecule has 0 radical (unpaired) electrons. The van der Waals surface area contributed by atoms with Crippen molar-refractivity contribution in [2.24, 2.45) is 5.92 Å². The summed E-state index contributed by atoms with van der Waals surface area (Å²) in [5.74, 6) is 0.162. The number of carbonyl (C=O) groups excluding carboxylic acids is 2. The Hall–Kier alpha value is -3.40. The van der Waals surface area contributed by atoms with Crippen LogP contribution in [0.25, 0.3) is 0 Å². The predicted octanol–water partition coefficient (Wildman–Crippen LogP) is 2.81. The molecule has 1 saturated heterocycles. The number of aromatic nitrogens is 1. The van der Waals surface area contributed by atoms with Gasteiger partial charge >= 0.3 is 0 Å². The van der Waals surface area contributed by atoms with E-state index in [-0.39, 0.29) is 36.3 Å². The number of pyridine rings is 1. The first-order chi connectivity index (χ1) is 14.6. The molecule has 1 unspecified atom stereocenters. The van der Waals surface area contributed by atoms with Crippen molar-refractivity contribution in [1.29, 1.82) is 5.26 Å². The van der Waals surface area contributed by atoms with E-state index in [1.807, 2.05) is 36.4 Å². The number of ether oxygens (including phenoxy) is 1. The second-order valence-electron chi connectivity index (χ2n) is 7.84. The van der Waals surface area contributed by atoms with Crippen molar-refractivity contribution in [2.45, 2.75) is 44.2 Å². The van der Waals surface area contributed by atoms with E-state index in [0.717, 1.165) is 31.4 Å². The summed E-state index contributed by atoms with van der Waals surface area (Å²) in [5, 5.41) is 12.0. The van der Waals surface area contributed by atoms with E-state index >= 15 is 0 Å². The molecule has 30 heavy (non-hydrogen) atoms. The van der Waals surface area contributed by atoms with Gasteiger partial charge < -0.3 is 15.0 Å². The van der Waals surface area contributed by atoms with Crippen molar-refractivity contribution >= 4 is 17.5 Å². The lowest BCUT2D eigenvalue weighted by Gasteiger charge is -2.29. The Morgan fingerprint density at radius 3 is 2.57 bits per heavy atom. The van der Waals surface area contributed by atoms with Gasteiger partial charge in [0.05, 0.1) is 11.5 Å². The van der Waals surface area contributed by atoms with Crippen LogP contribution >= 0.6 is 0 Å². The highest BCUT2D eigenvalue weighted by Gasteiger charge is 2.36. The summed E-state index contributed by atoms with van der Waals surface area (Å²) in [7, 11) is 0. The number of nitrogens with zero attached hydrogens (tertiary/aromatic N) is 3. The van der Waals surface area contributed by atoms with Crippen LogP contribution in [0.2, 0.25) is 0 Å². The van der Waals surface area contributed by atoms with Crippen LogP contribution in [-0.2, 0) is 9.59 Å². The second kappa shape index (κ2) is 8.95. The molecule has 2 amide bonds. The highest BCUT2D eigenvalue weighted by molar-refractivity contribution is 6.00. The van der Waals surface area contributed by atoms with Crippen LogP contribution in [0.1, 0.15) is 37.7 Å². The average molecular weight is 404 g/mol. The molecule has 2 heterocycles. The Bertz CT molecular complexity index is 931. The number of anilines is 1.